The molecule has 0 aliphatic carbocycles. The number of aliphatic hydroxyl groups is 1. The monoisotopic (exact) mass is 221 g/mol. The van der Waals surface area contributed by atoms with E-state index < -0.39 is 17.3 Å². The molecule has 1 N–H and O–H groups in total. The van der Waals surface area contributed by atoms with Crippen molar-refractivity contribution in [1.29, 1.82) is 5.26 Å². The van der Waals surface area contributed by atoms with Gasteiger partial charge in [0.05, 0.1) is 17.6 Å². The second kappa shape index (κ2) is 4.63. The Kier molecular flexibility index (Phi) is 3.66. The average Bonchev–Trinajstić information content (AvgIpc) is 2.30. The van der Waals surface area contributed by atoms with Crippen molar-refractivity contribution in [2.45, 2.75) is 33.3 Å². The van der Waals surface area contributed by atoms with E-state index in [0.717, 1.165) is 5.56 Å². The molecule has 0 aromatic heterocycles. The average molecular weight is 221 g/mol. The van der Waals surface area contributed by atoms with Gasteiger partial charge in [0.25, 0.3) is 0 Å². The lowest BCUT2D eigenvalue weighted by Gasteiger charge is -2.27. The van der Waals surface area contributed by atoms with E-state index in [2.05, 4.69) is 6.07 Å². The zero-order chi connectivity index (χ0) is 12.3. The number of aryl methyl sites for hydroxylation is 1. The van der Waals surface area contributed by atoms with Crippen LogP contribution in [0.2, 0.25) is 0 Å². The molecule has 0 aliphatic rings. The Labute approximate surface area is 95.3 Å². The number of rotatable bonds is 3. The first kappa shape index (κ1) is 12.7. The van der Waals surface area contributed by atoms with Crippen LogP contribution in [0.1, 0.15) is 37.5 Å². The van der Waals surface area contributed by atoms with Gasteiger partial charge in [0.1, 0.15) is 5.82 Å². The van der Waals surface area contributed by atoms with Crippen LogP contribution in [0.25, 0.3) is 0 Å². The van der Waals surface area contributed by atoms with Gasteiger partial charge in [0, 0.05) is 0 Å². The topological polar surface area (TPSA) is 44.0 Å². The smallest absolute Gasteiger partial charge is 0.123 e. The molecule has 2 atom stereocenters. The Morgan fingerprint density at radius 2 is 2.19 bits per heavy atom. The minimum Gasteiger partial charge on any atom is -0.387 e. The number of nitrogens with zero attached hydrogens (tertiary/aromatic N) is 1. The molecule has 3 heteroatoms. The van der Waals surface area contributed by atoms with E-state index in [4.69, 9.17) is 5.26 Å². The normalized spacial score (nSPS) is 16.2. The Hall–Kier alpha value is -1.40. The fourth-order valence-corrected chi connectivity index (χ4v) is 1.58. The molecule has 16 heavy (non-hydrogen) atoms. The van der Waals surface area contributed by atoms with E-state index in [1.807, 2.05) is 6.92 Å². The van der Waals surface area contributed by atoms with Gasteiger partial charge in [-0.2, -0.15) is 5.26 Å². The molecular weight excluding hydrogens is 205 g/mol. The van der Waals surface area contributed by atoms with Crippen LogP contribution in [-0.2, 0) is 0 Å². The highest BCUT2D eigenvalue weighted by Crippen LogP contribution is 2.37. The van der Waals surface area contributed by atoms with Crippen molar-refractivity contribution in [3.63, 3.8) is 0 Å². The van der Waals surface area contributed by atoms with Crippen molar-refractivity contribution in [3.05, 3.63) is 35.1 Å². The molecule has 2 nitrogen and oxygen atoms in total. The predicted octanol–water partition coefficient (Wildman–Crippen LogP) is 3.11. The van der Waals surface area contributed by atoms with E-state index in [9.17, 15) is 9.50 Å². The van der Waals surface area contributed by atoms with Crippen LogP contribution in [-0.4, -0.2) is 5.11 Å². The molecule has 86 valence electrons. The minimum atomic E-state index is -0.960. The third kappa shape index (κ3) is 2.23. The summed E-state index contributed by atoms with van der Waals surface area (Å²) in [4.78, 5) is 0. The zero-order valence-electron chi connectivity index (χ0n) is 9.79. The first-order valence-corrected chi connectivity index (χ1v) is 5.30. The maximum absolute atomic E-state index is 13.1. The molecule has 0 saturated carbocycles. The highest BCUT2D eigenvalue weighted by Gasteiger charge is 2.33. The second-order valence-electron chi connectivity index (χ2n) is 4.29. The summed E-state index contributed by atoms with van der Waals surface area (Å²) in [7, 11) is 0. The molecule has 1 rings (SSSR count). The lowest BCUT2D eigenvalue weighted by Crippen LogP contribution is -2.23. The third-order valence-corrected chi connectivity index (χ3v) is 3.13. The van der Waals surface area contributed by atoms with Crippen molar-refractivity contribution in [3.8, 4) is 6.07 Å². The van der Waals surface area contributed by atoms with Gasteiger partial charge in [-0.25, -0.2) is 4.39 Å². The standard InChI is InChI=1S/C13H16FNO/c1-4-13(3,8-15)12(16)11-7-10(14)6-5-9(11)2/h5-7,12,16H,4H2,1-3H3. The summed E-state index contributed by atoms with van der Waals surface area (Å²) >= 11 is 0. The Morgan fingerprint density at radius 1 is 1.56 bits per heavy atom. The number of benzene rings is 1. The van der Waals surface area contributed by atoms with Crippen LogP contribution in [0.15, 0.2) is 18.2 Å². The summed E-state index contributed by atoms with van der Waals surface area (Å²) in [5.74, 6) is -0.393. The molecule has 1 aromatic carbocycles. The SMILES string of the molecule is CCC(C)(C#N)C(O)c1cc(F)ccc1C. The van der Waals surface area contributed by atoms with Gasteiger partial charge in [0.15, 0.2) is 0 Å². The third-order valence-electron chi connectivity index (χ3n) is 3.13. The largest absolute Gasteiger partial charge is 0.387 e. The van der Waals surface area contributed by atoms with E-state index in [1.165, 1.54) is 12.1 Å². The van der Waals surface area contributed by atoms with Gasteiger partial charge in [-0.3, -0.25) is 0 Å². The van der Waals surface area contributed by atoms with Crippen LogP contribution in [0.3, 0.4) is 0 Å². The summed E-state index contributed by atoms with van der Waals surface area (Å²) in [6, 6.07) is 6.36. The highest BCUT2D eigenvalue weighted by atomic mass is 19.1. The van der Waals surface area contributed by atoms with Crippen LogP contribution < -0.4 is 0 Å². The summed E-state index contributed by atoms with van der Waals surface area (Å²) in [5, 5.41) is 19.2. The molecule has 0 saturated heterocycles. The quantitative estimate of drug-likeness (QED) is 0.852. The number of nitriles is 1. The molecule has 0 radical (unpaired) electrons. The maximum atomic E-state index is 13.1. The first-order chi connectivity index (χ1) is 7.44. The highest BCUT2D eigenvalue weighted by molar-refractivity contribution is 5.31. The van der Waals surface area contributed by atoms with Crippen LogP contribution in [0.5, 0.6) is 0 Å². The Balaban J connectivity index is 3.19. The maximum Gasteiger partial charge on any atom is 0.123 e. The van der Waals surface area contributed by atoms with Gasteiger partial charge < -0.3 is 5.11 Å². The molecule has 2 unspecified atom stereocenters. The number of hydrogen-bond acceptors (Lipinski definition) is 2. The molecule has 0 heterocycles. The molecular formula is C13H16FNO. The number of halogens is 1. The molecule has 0 amide bonds. The summed E-state index contributed by atoms with van der Waals surface area (Å²) in [6.45, 7) is 5.31. The molecule has 1 aromatic rings. The molecule has 0 spiro atoms. The number of hydrogen-bond donors (Lipinski definition) is 1. The van der Waals surface area contributed by atoms with E-state index in [0.29, 0.717) is 12.0 Å². The number of aliphatic hydroxyl groups excluding tert-OH is 1. The lowest BCUT2D eigenvalue weighted by molar-refractivity contribution is 0.0714. The van der Waals surface area contributed by atoms with Gasteiger partial charge in [-0.1, -0.05) is 13.0 Å². The fraction of sp³-hybridized carbons (Fsp3) is 0.462. The van der Waals surface area contributed by atoms with Crippen molar-refractivity contribution >= 4 is 0 Å². The van der Waals surface area contributed by atoms with Crippen LogP contribution in [0.4, 0.5) is 4.39 Å². The van der Waals surface area contributed by atoms with Crippen molar-refractivity contribution < 1.29 is 9.50 Å². The molecule has 0 aliphatic heterocycles. The fourth-order valence-electron chi connectivity index (χ4n) is 1.58. The van der Waals surface area contributed by atoms with E-state index >= 15 is 0 Å². The summed E-state index contributed by atoms with van der Waals surface area (Å²) in [6.07, 6.45) is -0.445. The Morgan fingerprint density at radius 3 is 2.69 bits per heavy atom. The van der Waals surface area contributed by atoms with Crippen molar-refractivity contribution in [2.24, 2.45) is 5.41 Å². The molecule has 0 fully saturated rings. The van der Waals surface area contributed by atoms with Gasteiger partial charge in [-0.05, 0) is 43.5 Å². The lowest BCUT2D eigenvalue weighted by atomic mass is 9.79. The van der Waals surface area contributed by atoms with Gasteiger partial charge in [-0.15, -0.1) is 0 Å². The zero-order valence-corrected chi connectivity index (χ0v) is 9.79. The van der Waals surface area contributed by atoms with Crippen molar-refractivity contribution in [2.75, 3.05) is 0 Å². The second-order valence-corrected chi connectivity index (χ2v) is 4.29. The predicted molar refractivity (Wildman–Crippen MR) is 60.1 cm³/mol. The molecule has 0 bridgehead atoms. The summed E-state index contributed by atoms with van der Waals surface area (Å²) < 4.78 is 13.1. The van der Waals surface area contributed by atoms with Crippen molar-refractivity contribution in [1.82, 2.24) is 0 Å². The first-order valence-electron chi connectivity index (χ1n) is 5.30. The van der Waals surface area contributed by atoms with E-state index in [1.54, 1.807) is 19.9 Å². The van der Waals surface area contributed by atoms with Gasteiger partial charge in [0.2, 0.25) is 0 Å². The van der Waals surface area contributed by atoms with Crippen LogP contribution in [0, 0.1) is 29.5 Å². The van der Waals surface area contributed by atoms with Crippen LogP contribution >= 0.6 is 0 Å². The minimum absolute atomic E-state index is 0.393. The summed E-state index contributed by atoms with van der Waals surface area (Å²) in [5.41, 5.74) is 0.410. The van der Waals surface area contributed by atoms with Gasteiger partial charge >= 0.3 is 0 Å². The van der Waals surface area contributed by atoms with E-state index in [-0.39, 0.29) is 0 Å². The Bertz CT molecular complexity index is 424.